The van der Waals surface area contributed by atoms with Crippen LogP contribution in [0.5, 0.6) is 0 Å². The first-order valence-corrected chi connectivity index (χ1v) is 7.98. The van der Waals surface area contributed by atoms with Gasteiger partial charge in [-0.3, -0.25) is 4.79 Å². The molecule has 0 aromatic heterocycles. The molecule has 22 heavy (non-hydrogen) atoms. The highest BCUT2D eigenvalue weighted by Gasteiger charge is 2.44. The van der Waals surface area contributed by atoms with Crippen molar-refractivity contribution >= 4 is 5.91 Å². The van der Waals surface area contributed by atoms with Crippen LogP contribution in [0.1, 0.15) is 47.6 Å². The van der Waals surface area contributed by atoms with Crippen molar-refractivity contribution in [3.05, 3.63) is 70.8 Å². The van der Waals surface area contributed by atoms with Gasteiger partial charge in [0, 0.05) is 5.92 Å². The van der Waals surface area contributed by atoms with E-state index in [4.69, 9.17) is 0 Å². The highest BCUT2D eigenvalue weighted by Crippen LogP contribution is 2.47. The van der Waals surface area contributed by atoms with Gasteiger partial charge in [0.05, 0.1) is 6.04 Å². The average molecular weight is 293 g/mol. The van der Waals surface area contributed by atoms with Crippen molar-refractivity contribution in [3.63, 3.8) is 0 Å². The molecule has 0 radical (unpaired) electrons. The molecule has 1 aliphatic carbocycles. The molecule has 2 nitrogen and oxygen atoms in total. The molecule has 1 saturated carbocycles. The molecule has 0 heterocycles. The van der Waals surface area contributed by atoms with E-state index in [9.17, 15) is 4.79 Å². The van der Waals surface area contributed by atoms with Gasteiger partial charge < -0.3 is 5.32 Å². The van der Waals surface area contributed by atoms with Crippen molar-refractivity contribution in [1.29, 1.82) is 0 Å². The van der Waals surface area contributed by atoms with Crippen LogP contribution in [-0.2, 0) is 4.79 Å². The van der Waals surface area contributed by atoms with Crippen LogP contribution in [0.15, 0.2) is 48.5 Å². The van der Waals surface area contributed by atoms with E-state index in [0.717, 1.165) is 6.42 Å². The molecule has 114 valence electrons. The lowest BCUT2D eigenvalue weighted by Crippen LogP contribution is -2.28. The largest absolute Gasteiger partial charge is 0.349 e. The average Bonchev–Trinajstić information content (AvgIpc) is 3.31. The van der Waals surface area contributed by atoms with Gasteiger partial charge in [0.1, 0.15) is 0 Å². The highest BCUT2D eigenvalue weighted by atomic mass is 16.2. The maximum Gasteiger partial charge on any atom is 0.224 e. The van der Waals surface area contributed by atoms with Crippen molar-refractivity contribution < 1.29 is 4.79 Å². The summed E-state index contributed by atoms with van der Waals surface area (Å²) in [4.78, 5) is 12.5. The third-order valence-electron chi connectivity index (χ3n) is 4.61. The predicted octanol–water partition coefficient (Wildman–Crippen LogP) is 4.28. The summed E-state index contributed by atoms with van der Waals surface area (Å²) in [5.74, 6) is 0.712. The van der Waals surface area contributed by atoms with Gasteiger partial charge >= 0.3 is 0 Å². The van der Waals surface area contributed by atoms with Gasteiger partial charge in [0.15, 0.2) is 0 Å². The highest BCUT2D eigenvalue weighted by molar-refractivity contribution is 5.83. The first kappa shape index (κ1) is 14.8. The van der Waals surface area contributed by atoms with Gasteiger partial charge in [-0.05, 0) is 49.8 Å². The maximum absolute atomic E-state index is 12.5. The third-order valence-corrected chi connectivity index (χ3v) is 4.61. The Morgan fingerprint density at radius 2 is 1.86 bits per heavy atom. The molecule has 0 spiro atoms. The van der Waals surface area contributed by atoms with Crippen LogP contribution < -0.4 is 5.32 Å². The Bertz CT molecular complexity index is 677. The first-order chi connectivity index (χ1) is 10.6. The van der Waals surface area contributed by atoms with Crippen molar-refractivity contribution in [2.24, 2.45) is 5.92 Å². The van der Waals surface area contributed by atoms with Gasteiger partial charge in [-0.1, -0.05) is 54.1 Å². The van der Waals surface area contributed by atoms with Crippen molar-refractivity contribution in [2.45, 2.75) is 39.2 Å². The van der Waals surface area contributed by atoms with E-state index in [1.165, 1.54) is 22.3 Å². The minimum absolute atomic E-state index is 0.0597. The number of amides is 1. The Kier molecular flexibility index (Phi) is 4.02. The summed E-state index contributed by atoms with van der Waals surface area (Å²) in [6.45, 7) is 6.25. The van der Waals surface area contributed by atoms with Gasteiger partial charge in [-0.25, -0.2) is 0 Å². The zero-order valence-electron chi connectivity index (χ0n) is 13.5. The van der Waals surface area contributed by atoms with E-state index >= 15 is 0 Å². The van der Waals surface area contributed by atoms with E-state index in [-0.39, 0.29) is 17.9 Å². The molecule has 2 aromatic rings. The van der Waals surface area contributed by atoms with Crippen molar-refractivity contribution in [2.75, 3.05) is 0 Å². The molecular formula is C20H23NO. The van der Waals surface area contributed by atoms with E-state index in [2.05, 4.69) is 56.4 Å². The molecule has 2 aromatic carbocycles. The monoisotopic (exact) mass is 293 g/mol. The van der Waals surface area contributed by atoms with E-state index < -0.39 is 0 Å². The molecule has 1 fully saturated rings. The molecule has 3 atom stereocenters. The Morgan fingerprint density at radius 3 is 2.59 bits per heavy atom. The minimum Gasteiger partial charge on any atom is -0.349 e. The Labute approximate surface area is 132 Å². The van der Waals surface area contributed by atoms with E-state index in [1.54, 1.807) is 0 Å². The second-order valence-electron chi connectivity index (χ2n) is 6.45. The molecule has 3 rings (SSSR count). The summed E-state index contributed by atoms with van der Waals surface area (Å²) in [6.07, 6.45) is 0.968. The van der Waals surface area contributed by atoms with E-state index in [1.807, 2.05) is 18.2 Å². The van der Waals surface area contributed by atoms with Gasteiger partial charge in [-0.15, -0.1) is 0 Å². The zero-order chi connectivity index (χ0) is 15.7. The smallest absolute Gasteiger partial charge is 0.224 e. The lowest BCUT2D eigenvalue weighted by Gasteiger charge is -2.17. The van der Waals surface area contributed by atoms with Crippen LogP contribution in [-0.4, -0.2) is 5.91 Å². The molecule has 2 heteroatoms. The lowest BCUT2D eigenvalue weighted by atomic mass is 10.00. The molecule has 1 amide bonds. The van der Waals surface area contributed by atoms with Crippen LogP contribution in [0.4, 0.5) is 0 Å². The number of carbonyl (C=O) groups is 1. The fourth-order valence-corrected chi connectivity index (χ4v) is 3.18. The Morgan fingerprint density at radius 1 is 1.14 bits per heavy atom. The number of carbonyl (C=O) groups excluding carboxylic acids is 1. The number of benzene rings is 2. The third kappa shape index (κ3) is 3.06. The number of hydrogen-bond acceptors (Lipinski definition) is 1. The standard InChI is InChI=1S/C20H23NO/c1-13-9-10-14(2)17(11-13)15(3)21-20(22)19-12-18(19)16-7-5-4-6-8-16/h4-11,15,18-19H,12H2,1-3H3,(H,21,22)/t15-,18+,19-/m0/s1. The van der Waals surface area contributed by atoms with Crippen molar-refractivity contribution in [1.82, 2.24) is 5.32 Å². The molecule has 1 aliphatic rings. The topological polar surface area (TPSA) is 29.1 Å². The predicted molar refractivity (Wildman–Crippen MR) is 89.8 cm³/mol. The molecule has 0 saturated heterocycles. The van der Waals surface area contributed by atoms with Crippen molar-refractivity contribution in [3.8, 4) is 0 Å². The lowest BCUT2D eigenvalue weighted by molar-refractivity contribution is -0.123. The Balaban J connectivity index is 1.64. The quantitative estimate of drug-likeness (QED) is 0.895. The fraction of sp³-hybridized carbons (Fsp3) is 0.350. The Hall–Kier alpha value is -2.09. The maximum atomic E-state index is 12.5. The summed E-state index contributed by atoms with van der Waals surface area (Å²) in [5, 5.41) is 3.19. The summed E-state index contributed by atoms with van der Waals surface area (Å²) in [7, 11) is 0. The second-order valence-corrected chi connectivity index (χ2v) is 6.45. The number of rotatable bonds is 4. The molecule has 0 aliphatic heterocycles. The summed E-state index contributed by atoms with van der Waals surface area (Å²) in [5.41, 5.74) is 4.95. The number of aryl methyl sites for hydroxylation is 2. The molecular weight excluding hydrogens is 270 g/mol. The number of nitrogens with one attached hydrogen (secondary N) is 1. The molecule has 1 N–H and O–H groups in total. The van der Waals surface area contributed by atoms with Crippen LogP contribution in [0.3, 0.4) is 0 Å². The van der Waals surface area contributed by atoms with Gasteiger partial charge in [-0.2, -0.15) is 0 Å². The minimum atomic E-state index is 0.0597. The second kappa shape index (κ2) is 5.96. The fourth-order valence-electron chi connectivity index (χ4n) is 3.18. The molecule has 0 bridgehead atoms. The van der Waals surface area contributed by atoms with Gasteiger partial charge in [0.25, 0.3) is 0 Å². The van der Waals surface area contributed by atoms with Gasteiger partial charge in [0.2, 0.25) is 5.91 Å². The zero-order valence-corrected chi connectivity index (χ0v) is 13.5. The van der Waals surface area contributed by atoms with Crippen LogP contribution in [0, 0.1) is 19.8 Å². The number of hydrogen-bond donors (Lipinski definition) is 1. The SMILES string of the molecule is Cc1ccc(C)c([C@H](C)NC(=O)[C@H]2C[C@@H]2c2ccccc2)c1. The summed E-state index contributed by atoms with van der Waals surface area (Å²) in [6, 6.07) is 16.8. The van der Waals surface area contributed by atoms with E-state index in [0.29, 0.717) is 5.92 Å². The molecule has 0 unspecified atom stereocenters. The normalized spacial score (nSPS) is 21.2. The van der Waals surface area contributed by atoms with Crippen LogP contribution >= 0.6 is 0 Å². The van der Waals surface area contributed by atoms with Crippen LogP contribution in [0.2, 0.25) is 0 Å². The van der Waals surface area contributed by atoms with Crippen LogP contribution in [0.25, 0.3) is 0 Å². The first-order valence-electron chi connectivity index (χ1n) is 7.98. The summed E-state index contributed by atoms with van der Waals surface area (Å²) >= 11 is 0. The summed E-state index contributed by atoms with van der Waals surface area (Å²) < 4.78 is 0.